The van der Waals surface area contributed by atoms with Crippen LogP contribution < -0.4 is 0 Å². The highest BCUT2D eigenvalue weighted by molar-refractivity contribution is 5.15. The van der Waals surface area contributed by atoms with Crippen LogP contribution in [-0.4, -0.2) is 37.2 Å². The Morgan fingerprint density at radius 3 is 2.53 bits per heavy atom. The topological polar surface area (TPSA) is 12.5 Å². The first-order valence-corrected chi connectivity index (χ1v) is 7.78. The Morgan fingerprint density at radius 1 is 1.05 bits per heavy atom. The Bertz CT molecular complexity index is 364. The normalized spacial score (nSPS) is 25.8. The maximum absolute atomic E-state index is 5.74. The molecule has 2 fully saturated rings. The van der Waals surface area contributed by atoms with Gasteiger partial charge in [0.05, 0.1) is 6.10 Å². The van der Waals surface area contributed by atoms with Crippen molar-refractivity contribution in [2.24, 2.45) is 5.92 Å². The minimum atomic E-state index is 0.519. The van der Waals surface area contributed by atoms with Gasteiger partial charge in [-0.15, -0.1) is 0 Å². The molecule has 104 valence electrons. The lowest BCUT2D eigenvalue weighted by molar-refractivity contribution is 0.0598. The molecule has 1 atom stereocenters. The van der Waals surface area contributed by atoms with E-state index in [0.717, 1.165) is 19.1 Å². The molecule has 0 spiro atoms. The second-order valence-corrected chi connectivity index (χ2v) is 6.07. The van der Waals surface area contributed by atoms with Crippen LogP contribution in [0.1, 0.15) is 31.2 Å². The third kappa shape index (κ3) is 3.80. The molecule has 0 bridgehead atoms. The van der Waals surface area contributed by atoms with Crippen molar-refractivity contribution in [2.45, 2.75) is 38.2 Å². The van der Waals surface area contributed by atoms with Gasteiger partial charge in [-0.2, -0.15) is 0 Å². The first-order chi connectivity index (χ1) is 9.40. The van der Waals surface area contributed by atoms with Crippen molar-refractivity contribution in [3.05, 3.63) is 35.9 Å². The summed E-state index contributed by atoms with van der Waals surface area (Å²) >= 11 is 0. The van der Waals surface area contributed by atoms with Crippen LogP contribution in [0, 0.1) is 5.92 Å². The van der Waals surface area contributed by atoms with E-state index in [-0.39, 0.29) is 0 Å². The predicted octanol–water partition coefficient (Wildman–Crippen LogP) is 3.12. The van der Waals surface area contributed by atoms with E-state index < -0.39 is 0 Å². The molecule has 2 nitrogen and oxygen atoms in total. The van der Waals surface area contributed by atoms with Crippen LogP contribution in [0.25, 0.3) is 0 Å². The van der Waals surface area contributed by atoms with E-state index in [9.17, 15) is 0 Å². The number of nitrogens with zero attached hydrogens (tertiary/aromatic N) is 1. The molecule has 0 saturated carbocycles. The average Bonchev–Trinajstić information content (AvgIpc) is 2.95. The number of likely N-dealkylation sites (tertiary alicyclic amines) is 1. The number of hydrogen-bond acceptors (Lipinski definition) is 2. The van der Waals surface area contributed by atoms with E-state index in [2.05, 4.69) is 35.2 Å². The van der Waals surface area contributed by atoms with Gasteiger partial charge in [0.25, 0.3) is 0 Å². The first-order valence-electron chi connectivity index (χ1n) is 7.78. The third-order valence-electron chi connectivity index (χ3n) is 4.56. The molecule has 2 heteroatoms. The number of piperidine rings is 1. The van der Waals surface area contributed by atoms with Crippen molar-refractivity contribution in [3.63, 3.8) is 0 Å². The van der Waals surface area contributed by atoms with Crippen LogP contribution in [0.3, 0.4) is 0 Å². The summed E-state index contributed by atoms with van der Waals surface area (Å²) in [6.07, 6.45) is 7.00. The van der Waals surface area contributed by atoms with Gasteiger partial charge in [-0.05, 0) is 56.7 Å². The highest BCUT2D eigenvalue weighted by Crippen LogP contribution is 2.23. The Balaban J connectivity index is 1.41. The van der Waals surface area contributed by atoms with Crippen molar-refractivity contribution < 1.29 is 4.74 Å². The van der Waals surface area contributed by atoms with Gasteiger partial charge in [0.15, 0.2) is 0 Å². The summed E-state index contributed by atoms with van der Waals surface area (Å²) < 4.78 is 5.74. The molecule has 2 heterocycles. The smallest absolute Gasteiger partial charge is 0.0702 e. The van der Waals surface area contributed by atoms with Crippen molar-refractivity contribution in [1.82, 2.24) is 4.90 Å². The van der Waals surface area contributed by atoms with Gasteiger partial charge in [-0.3, -0.25) is 0 Å². The molecule has 0 amide bonds. The van der Waals surface area contributed by atoms with E-state index in [0.29, 0.717) is 6.10 Å². The summed E-state index contributed by atoms with van der Waals surface area (Å²) in [5, 5.41) is 0. The molecule has 3 rings (SSSR count). The predicted molar refractivity (Wildman–Crippen MR) is 78.3 cm³/mol. The molecule has 0 radical (unpaired) electrons. The van der Waals surface area contributed by atoms with Gasteiger partial charge < -0.3 is 9.64 Å². The number of ether oxygens (including phenoxy) is 1. The molecule has 1 aromatic carbocycles. The van der Waals surface area contributed by atoms with Crippen molar-refractivity contribution in [3.8, 4) is 0 Å². The lowest BCUT2D eigenvalue weighted by Gasteiger charge is -2.33. The lowest BCUT2D eigenvalue weighted by atomic mass is 9.90. The Morgan fingerprint density at radius 2 is 1.84 bits per heavy atom. The van der Waals surface area contributed by atoms with Gasteiger partial charge in [-0.1, -0.05) is 30.3 Å². The maximum atomic E-state index is 5.74. The number of hydrogen-bond donors (Lipinski definition) is 0. The Kier molecular flexibility index (Phi) is 4.52. The zero-order chi connectivity index (χ0) is 12.9. The van der Waals surface area contributed by atoms with E-state index in [1.807, 2.05) is 0 Å². The average molecular weight is 259 g/mol. The minimum absolute atomic E-state index is 0.519. The Hall–Kier alpha value is -0.860. The molecule has 19 heavy (non-hydrogen) atoms. The van der Waals surface area contributed by atoms with Crippen LogP contribution in [-0.2, 0) is 11.2 Å². The third-order valence-corrected chi connectivity index (χ3v) is 4.56. The second-order valence-electron chi connectivity index (χ2n) is 6.07. The van der Waals surface area contributed by atoms with E-state index in [1.165, 1.54) is 50.8 Å². The molecule has 2 aliphatic rings. The summed E-state index contributed by atoms with van der Waals surface area (Å²) in [7, 11) is 0. The van der Waals surface area contributed by atoms with Crippen molar-refractivity contribution in [2.75, 3.05) is 26.2 Å². The highest BCUT2D eigenvalue weighted by atomic mass is 16.5. The van der Waals surface area contributed by atoms with E-state index in [4.69, 9.17) is 4.74 Å². The molecule has 2 saturated heterocycles. The molecule has 1 unspecified atom stereocenters. The standard InChI is InChI=1S/C17H25NO/c1-2-5-15(6-3-1)13-16-8-10-18(11-9-16)14-17-7-4-12-19-17/h1-3,5-6,16-17H,4,7-14H2. The van der Waals surface area contributed by atoms with Crippen molar-refractivity contribution >= 4 is 0 Å². The van der Waals surface area contributed by atoms with Crippen LogP contribution >= 0.6 is 0 Å². The van der Waals surface area contributed by atoms with Gasteiger partial charge >= 0.3 is 0 Å². The quantitative estimate of drug-likeness (QED) is 0.824. The van der Waals surface area contributed by atoms with Crippen LogP contribution in [0.5, 0.6) is 0 Å². The largest absolute Gasteiger partial charge is 0.377 e. The maximum Gasteiger partial charge on any atom is 0.0702 e. The molecule has 0 aromatic heterocycles. The summed E-state index contributed by atoms with van der Waals surface area (Å²) in [5.74, 6) is 0.878. The van der Waals surface area contributed by atoms with Gasteiger partial charge in [-0.25, -0.2) is 0 Å². The van der Waals surface area contributed by atoms with Gasteiger partial charge in [0, 0.05) is 13.2 Å². The number of rotatable bonds is 4. The summed E-state index contributed by atoms with van der Waals surface area (Å²) in [6, 6.07) is 10.9. The number of benzene rings is 1. The fraction of sp³-hybridized carbons (Fsp3) is 0.647. The molecular weight excluding hydrogens is 234 g/mol. The van der Waals surface area contributed by atoms with Crippen LogP contribution in [0.4, 0.5) is 0 Å². The summed E-state index contributed by atoms with van der Waals surface area (Å²) in [6.45, 7) is 4.67. The zero-order valence-electron chi connectivity index (χ0n) is 11.8. The van der Waals surface area contributed by atoms with Crippen LogP contribution in [0.15, 0.2) is 30.3 Å². The molecule has 1 aromatic rings. The van der Waals surface area contributed by atoms with Gasteiger partial charge in [0.1, 0.15) is 0 Å². The lowest BCUT2D eigenvalue weighted by Crippen LogP contribution is -2.39. The Labute approximate surface area is 116 Å². The minimum Gasteiger partial charge on any atom is -0.377 e. The molecule has 0 aliphatic carbocycles. The van der Waals surface area contributed by atoms with Gasteiger partial charge in [0.2, 0.25) is 0 Å². The van der Waals surface area contributed by atoms with Crippen LogP contribution in [0.2, 0.25) is 0 Å². The fourth-order valence-electron chi connectivity index (χ4n) is 3.40. The van der Waals surface area contributed by atoms with E-state index in [1.54, 1.807) is 0 Å². The summed E-state index contributed by atoms with van der Waals surface area (Å²) in [4.78, 5) is 2.61. The molecular formula is C17H25NO. The SMILES string of the molecule is c1ccc(CC2CCN(CC3CCCO3)CC2)cc1. The van der Waals surface area contributed by atoms with E-state index >= 15 is 0 Å². The second kappa shape index (κ2) is 6.53. The molecule has 0 N–H and O–H groups in total. The summed E-state index contributed by atoms with van der Waals surface area (Å²) in [5.41, 5.74) is 1.50. The zero-order valence-corrected chi connectivity index (χ0v) is 11.8. The fourth-order valence-corrected chi connectivity index (χ4v) is 3.40. The first kappa shape index (κ1) is 13.1. The monoisotopic (exact) mass is 259 g/mol. The molecule has 2 aliphatic heterocycles. The van der Waals surface area contributed by atoms with Crippen molar-refractivity contribution in [1.29, 1.82) is 0 Å². The highest BCUT2D eigenvalue weighted by Gasteiger charge is 2.23.